The maximum Gasteiger partial charge on any atom is 0.133 e. The highest BCUT2D eigenvalue weighted by molar-refractivity contribution is 5.04. The number of hydrogen-bond acceptors (Lipinski definition) is 5. The van der Waals surface area contributed by atoms with Crippen molar-refractivity contribution in [2.75, 3.05) is 0 Å². The minimum Gasteiger partial charge on any atom is -0.361 e. The Hall–Kier alpha value is -1.69. The molecule has 6 nitrogen and oxygen atoms in total. The average Bonchev–Trinajstić information content (AvgIpc) is 2.90. The normalized spacial score (nSPS) is 15.4. The molecule has 2 aromatic rings. The van der Waals surface area contributed by atoms with Gasteiger partial charge in [0.1, 0.15) is 11.5 Å². The highest BCUT2D eigenvalue weighted by Gasteiger charge is 2.20. The first-order valence-electron chi connectivity index (χ1n) is 5.84. The largest absolute Gasteiger partial charge is 0.361 e. The fourth-order valence-electron chi connectivity index (χ4n) is 1.69. The van der Waals surface area contributed by atoms with Gasteiger partial charge in [0.25, 0.3) is 0 Å². The van der Waals surface area contributed by atoms with Crippen molar-refractivity contribution in [3.63, 3.8) is 0 Å². The Balaban J connectivity index is 1.59. The molecule has 1 saturated carbocycles. The number of nitrogens with one attached hydrogen (secondary N) is 1. The predicted octanol–water partition coefficient (Wildman–Crippen LogP) is 0.875. The van der Waals surface area contributed by atoms with Gasteiger partial charge in [-0.1, -0.05) is 10.4 Å². The summed E-state index contributed by atoms with van der Waals surface area (Å²) in [6.45, 7) is 3.28. The van der Waals surface area contributed by atoms with Crippen molar-refractivity contribution < 1.29 is 4.52 Å². The lowest BCUT2D eigenvalue weighted by Crippen LogP contribution is -2.15. The van der Waals surface area contributed by atoms with E-state index in [1.807, 2.05) is 19.2 Å². The van der Waals surface area contributed by atoms with E-state index in [1.54, 1.807) is 4.68 Å². The molecule has 0 bridgehead atoms. The summed E-state index contributed by atoms with van der Waals surface area (Å²) in [6, 6.07) is 2.60. The third kappa shape index (κ3) is 2.71. The molecule has 1 N–H and O–H groups in total. The molecule has 17 heavy (non-hydrogen) atoms. The topological polar surface area (TPSA) is 68.8 Å². The zero-order valence-electron chi connectivity index (χ0n) is 9.76. The second-order valence-corrected chi connectivity index (χ2v) is 4.49. The van der Waals surface area contributed by atoms with Gasteiger partial charge in [-0.2, -0.15) is 0 Å². The number of rotatable bonds is 5. The smallest absolute Gasteiger partial charge is 0.133 e. The number of nitrogens with zero attached hydrogens (tertiary/aromatic N) is 4. The van der Waals surface area contributed by atoms with Crippen LogP contribution in [-0.4, -0.2) is 26.2 Å². The standard InChI is InChI=1S/C11H15N5O/c1-8-4-10(14-17-8)6-16-7-11(13-15-16)5-12-9-2-3-9/h4,7,9,12H,2-3,5-6H2,1H3. The Morgan fingerprint density at radius 2 is 2.35 bits per heavy atom. The first kappa shape index (κ1) is 10.5. The third-order valence-electron chi connectivity index (χ3n) is 2.74. The molecule has 90 valence electrons. The quantitative estimate of drug-likeness (QED) is 0.830. The Labute approximate surface area is 99.0 Å². The van der Waals surface area contributed by atoms with Crippen LogP contribution in [0.1, 0.15) is 30.0 Å². The summed E-state index contributed by atoms with van der Waals surface area (Å²) in [5.74, 6) is 0.815. The van der Waals surface area contributed by atoms with Crippen LogP contribution >= 0.6 is 0 Å². The van der Waals surface area contributed by atoms with Crippen molar-refractivity contribution in [3.05, 3.63) is 29.4 Å². The molecule has 2 heterocycles. The van der Waals surface area contributed by atoms with Crippen LogP contribution in [0.2, 0.25) is 0 Å². The third-order valence-corrected chi connectivity index (χ3v) is 2.74. The monoisotopic (exact) mass is 233 g/mol. The summed E-state index contributed by atoms with van der Waals surface area (Å²) in [5, 5.41) is 15.5. The molecule has 0 spiro atoms. The zero-order valence-corrected chi connectivity index (χ0v) is 9.76. The van der Waals surface area contributed by atoms with Crippen molar-refractivity contribution in [3.8, 4) is 0 Å². The molecule has 0 aliphatic heterocycles. The van der Waals surface area contributed by atoms with Crippen molar-refractivity contribution in [2.24, 2.45) is 0 Å². The lowest BCUT2D eigenvalue weighted by Gasteiger charge is -1.96. The van der Waals surface area contributed by atoms with Gasteiger partial charge in [0.05, 0.1) is 18.4 Å². The maximum atomic E-state index is 5.01. The average molecular weight is 233 g/mol. The van der Waals surface area contributed by atoms with E-state index in [4.69, 9.17) is 4.52 Å². The van der Waals surface area contributed by atoms with Gasteiger partial charge in [0.2, 0.25) is 0 Å². The number of hydrogen-bond donors (Lipinski definition) is 1. The predicted molar refractivity (Wildman–Crippen MR) is 60.2 cm³/mol. The summed E-state index contributed by atoms with van der Waals surface area (Å²) < 4.78 is 6.79. The van der Waals surface area contributed by atoms with E-state index >= 15 is 0 Å². The Morgan fingerprint density at radius 3 is 3.06 bits per heavy atom. The molecular weight excluding hydrogens is 218 g/mol. The highest BCUT2D eigenvalue weighted by Crippen LogP contribution is 2.18. The first-order valence-corrected chi connectivity index (χ1v) is 5.84. The first-order chi connectivity index (χ1) is 8.29. The van der Waals surface area contributed by atoms with Crippen LogP contribution in [0.5, 0.6) is 0 Å². The van der Waals surface area contributed by atoms with Crippen LogP contribution in [-0.2, 0) is 13.1 Å². The van der Waals surface area contributed by atoms with Crippen LogP contribution in [0.25, 0.3) is 0 Å². The molecule has 0 atom stereocenters. The second-order valence-electron chi connectivity index (χ2n) is 4.49. The molecule has 6 heteroatoms. The molecule has 0 amide bonds. The van der Waals surface area contributed by atoms with E-state index in [0.717, 1.165) is 23.7 Å². The Kier molecular flexibility index (Phi) is 2.64. The summed E-state index contributed by atoms with van der Waals surface area (Å²) in [7, 11) is 0. The second kappa shape index (κ2) is 4.29. The summed E-state index contributed by atoms with van der Waals surface area (Å²) in [4.78, 5) is 0. The Morgan fingerprint density at radius 1 is 1.47 bits per heavy atom. The lowest BCUT2D eigenvalue weighted by molar-refractivity contribution is 0.387. The zero-order chi connectivity index (χ0) is 11.7. The van der Waals surface area contributed by atoms with Crippen molar-refractivity contribution in [2.45, 2.75) is 38.9 Å². The molecule has 0 saturated heterocycles. The van der Waals surface area contributed by atoms with Crippen molar-refractivity contribution >= 4 is 0 Å². The van der Waals surface area contributed by atoms with E-state index in [2.05, 4.69) is 20.8 Å². The summed E-state index contributed by atoms with van der Waals surface area (Å²) >= 11 is 0. The van der Waals surface area contributed by atoms with Crippen molar-refractivity contribution in [1.82, 2.24) is 25.5 Å². The fourth-order valence-corrected chi connectivity index (χ4v) is 1.69. The lowest BCUT2D eigenvalue weighted by atomic mass is 10.4. The molecule has 1 fully saturated rings. The molecule has 0 aromatic carbocycles. The van der Waals surface area contributed by atoms with Crippen LogP contribution in [0, 0.1) is 6.92 Å². The minimum absolute atomic E-state index is 0.605. The maximum absolute atomic E-state index is 5.01. The molecule has 3 rings (SSSR count). The Bertz CT molecular complexity index is 499. The van der Waals surface area contributed by atoms with E-state index < -0.39 is 0 Å². The molecule has 0 radical (unpaired) electrons. The van der Waals surface area contributed by atoms with Gasteiger partial charge >= 0.3 is 0 Å². The summed E-state index contributed by atoms with van der Waals surface area (Å²) in [5.41, 5.74) is 1.84. The molecule has 0 unspecified atom stereocenters. The van der Waals surface area contributed by atoms with E-state index in [0.29, 0.717) is 12.6 Å². The minimum atomic E-state index is 0.605. The molecule has 1 aliphatic rings. The van der Waals surface area contributed by atoms with Crippen LogP contribution in [0.4, 0.5) is 0 Å². The van der Waals surface area contributed by atoms with Gasteiger partial charge in [0, 0.05) is 18.7 Å². The van der Waals surface area contributed by atoms with Gasteiger partial charge in [-0.05, 0) is 19.8 Å². The van der Waals surface area contributed by atoms with Gasteiger partial charge in [-0.3, -0.25) is 0 Å². The van der Waals surface area contributed by atoms with Gasteiger partial charge < -0.3 is 9.84 Å². The number of aryl methyl sites for hydroxylation is 1. The highest BCUT2D eigenvalue weighted by atomic mass is 16.5. The van der Waals surface area contributed by atoms with Crippen LogP contribution < -0.4 is 5.32 Å². The van der Waals surface area contributed by atoms with Crippen molar-refractivity contribution in [1.29, 1.82) is 0 Å². The van der Waals surface area contributed by atoms with E-state index in [-0.39, 0.29) is 0 Å². The van der Waals surface area contributed by atoms with Crippen LogP contribution in [0.15, 0.2) is 16.8 Å². The fraction of sp³-hybridized carbons (Fsp3) is 0.545. The van der Waals surface area contributed by atoms with Crippen LogP contribution in [0.3, 0.4) is 0 Å². The molecule has 1 aliphatic carbocycles. The SMILES string of the molecule is Cc1cc(Cn2cc(CNC3CC3)nn2)no1. The molecular formula is C11H15N5O. The van der Waals surface area contributed by atoms with Gasteiger partial charge in [-0.15, -0.1) is 5.10 Å². The summed E-state index contributed by atoms with van der Waals surface area (Å²) in [6.07, 6.45) is 4.51. The number of aromatic nitrogens is 4. The van der Waals surface area contributed by atoms with E-state index in [1.165, 1.54) is 12.8 Å². The van der Waals surface area contributed by atoms with Gasteiger partial charge in [-0.25, -0.2) is 4.68 Å². The van der Waals surface area contributed by atoms with Gasteiger partial charge in [0.15, 0.2) is 0 Å². The molecule has 2 aromatic heterocycles. The van der Waals surface area contributed by atoms with E-state index in [9.17, 15) is 0 Å².